The minimum absolute atomic E-state index is 0.225. The smallest absolute Gasteiger partial charge is 0.295 e. The van der Waals surface area contributed by atoms with Crippen molar-refractivity contribution in [1.29, 1.82) is 0 Å². The molecule has 6 heteroatoms. The van der Waals surface area contributed by atoms with Crippen LogP contribution in [0.25, 0.3) is 0 Å². The highest BCUT2D eigenvalue weighted by atomic mass is 16.5. The zero-order chi connectivity index (χ0) is 13.7. The van der Waals surface area contributed by atoms with Crippen molar-refractivity contribution in [3.05, 3.63) is 16.7 Å². The first-order valence-corrected chi connectivity index (χ1v) is 6.87. The van der Waals surface area contributed by atoms with Crippen molar-refractivity contribution in [2.45, 2.75) is 32.2 Å². The number of methoxy groups -OCH3 is 1. The minimum atomic E-state index is -0.225. The molecule has 0 saturated carbocycles. The van der Waals surface area contributed by atoms with Crippen LogP contribution in [0.4, 0.5) is 5.82 Å². The van der Waals surface area contributed by atoms with Gasteiger partial charge in [0.05, 0.1) is 13.4 Å². The summed E-state index contributed by atoms with van der Waals surface area (Å²) in [4.78, 5) is 20.9. The van der Waals surface area contributed by atoms with Crippen LogP contribution < -0.4 is 20.5 Å². The maximum Gasteiger partial charge on any atom is 0.295 e. The molecular weight excluding hydrogens is 244 g/mol. The highest BCUT2D eigenvalue weighted by Gasteiger charge is 2.25. The van der Waals surface area contributed by atoms with Crippen molar-refractivity contribution < 1.29 is 4.74 Å². The number of ether oxygens (including phenoxy) is 1. The summed E-state index contributed by atoms with van der Waals surface area (Å²) in [5.41, 5.74) is -0.225. The molecule has 0 spiro atoms. The first-order valence-electron chi connectivity index (χ1n) is 6.87. The molecular formula is C13H22N4O2. The lowest BCUT2D eigenvalue weighted by Gasteiger charge is -2.35. The first kappa shape index (κ1) is 13.9. The highest BCUT2D eigenvalue weighted by Crippen LogP contribution is 2.25. The number of rotatable bonds is 5. The Morgan fingerprint density at radius 2 is 2.42 bits per heavy atom. The molecule has 6 nitrogen and oxygen atoms in total. The Hall–Kier alpha value is -1.56. The average Bonchev–Trinajstić information content (AvgIpc) is 2.45. The Labute approximate surface area is 113 Å². The van der Waals surface area contributed by atoms with E-state index in [9.17, 15) is 4.79 Å². The van der Waals surface area contributed by atoms with Crippen molar-refractivity contribution in [1.82, 2.24) is 15.3 Å². The van der Waals surface area contributed by atoms with Crippen molar-refractivity contribution in [3.8, 4) is 5.75 Å². The molecule has 0 radical (unpaired) electrons. The van der Waals surface area contributed by atoms with Gasteiger partial charge in [0.15, 0.2) is 5.82 Å². The molecule has 19 heavy (non-hydrogen) atoms. The van der Waals surface area contributed by atoms with Crippen LogP contribution in [0.2, 0.25) is 0 Å². The van der Waals surface area contributed by atoms with Crippen molar-refractivity contribution in [2.75, 3.05) is 31.6 Å². The van der Waals surface area contributed by atoms with E-state index in [1.54, 1.807) is 0 Å². The first-order chi connectivity index (χ1) is 9.27. The normalized spacial score (nSPS) is 19.2. The predicted octanol–water partition coefficient (Wildman–Crippen LogP) is 0.747. The van der Waals surface area contributed by atoms with Gasteiger partial charge in [-0.3, -0.25) is 4.79 Å². The zero-order valence-electron chi connectivity index (χ0n) is 11.6. The van der Waals surface area contributed by atoms with Gasteiger partial charge in [-0.1, -0.05) is 6.92 Å². The summed E-state index contributed by atoms with van der Waals surface area (Å²) >= 11 is 0. The maximum absolute atomic E-state index is 11.8. The van der Waals surface area contributed by atoms with E-state index in [1.165, 1.54) is 13.4 Å². The lowest BCUT2D eigenvalue weighted by molar-refractivity contribution is 0.392. The van der Waals surface area contributed by atoms with E-state index < -0.39 is 0 Å². The molecule has 2 N–H and O–H groups in total. The molecule has 106 valence electrons. The van der Waals surface area contributed by atoms with Crippen molar-refractivity contribution >= 4 is 5.82 Å². The van der Waals surface area contributed by atoms with Gasteiger partial charge in [0.1, 0.15) is 0 Å². The van der Waals surface area contributed by atoms with Crippen LogP contribution in [-0.2, 0) is 0 Å². The average molecular weight is 266 g/mol. The number of piperidine rings is 1. The van der Waals surface area contributed by atoms with Crippen LogP contribution in [0, 0.1) is 0 Å². The number of aromatic nitrogens is 2. The van der Waals surface area contributed by atoms with Crippen LogP contribution in [0.5, 0.6) is 5.75 Å². The Bertz CT molecular complexity index is 454. The summed E-state index contributed by atoms with van der Waals surface area (Å²) < 4.78 is 5.23. The summed E-state index contributed by atoms with van der Waals surface area (Å²) in [6.07, 6.45) is 4.72. The van der Waals surface area contributed by atoms with E-state index in [0.29, 0.717) is 17.6 Å². The Kier molecular flexibility index (Phi) is 4.79. The fourth-order valence-electron chi connectivity index (χ4n) is 2.57. The van der Waals surface area contributed by atoms with Gasteiger partial charge in [-0.25, -0.2) is 4.98 Å². The lowest BCUT2D eigenvalue weighted by Crippen LogP contribution is -2.47. The third-order valence-corrected chi connectivity index (χ3v) is 3.44. The number of nitrogens with one attached hydrogen (secondary N) is 2. The number of hydrogen-bond acceptors (Lipinski definition) is 5. The molecule has 0 aromatic carbocycles. The van der Waals surface area contributed by atoms with Gasteiger partial charge < -0.3 is 19.9 Å². The number of hydrogen-bond donors (Lipinski definition) is 2. The van der Waals surface area contributed by atoms with Crippen LogP contribution in [-0.4, -0.2) is 42.8 Å². The zero-order valence-corrected chi connectivity index (χ0v) is 11.6. The standard InChI is InChI=1S/C13H22N4O2/c1-3-7-17(10-5-4-6-14-8-10)12-11(19-2)13(18)16-9-15-12/h9-10,14H,3-8H2,1-2H3,(H,15,16,18). The maximum atomic E-state index is 11.8. The van der Waals surface area contributed by atoms with E-state index in [0.717, 1.165) is 38.9 Å². The largest absolute Gasteiger partial charge is 0.489 e. The summed E-state index contributed by atoms with van der Waals surface area (Å²) in [5, 5.41) is 3.40. The molecule has 2 heterocycles. The van der Waals surface area contributed by atoms with Crippen LogP contribution in [0.3, 0.4) is 0 Å². The van der Waals surface area contributed by atoms with E-state index in [4.69, 9.17) is 4.74 Å². The highest BCUT2D eigenvalue weighted by molar-refractivity contribution is 5.51. The van der Waals surface area contributed by atoms with Crippen LogP contribution in [0.15, 0.2) is 11.1 Å². The molecule has 1 fully saturated rings. The van der Waals surface area contributed by atoms with Gasteiger partial charge in [-0.2, -0.15) is 0 Å². The fourth-order valence-corrected chi connectivity index (χ4v) is 2.57. The van der Waals surface area contributed by atoms with E-state index in [1.807, 2.05) is 0 Å². The van der Waals surface area contributed by atoms with Crippen molar-refractivity contribution in [3.63, 3.8) is 0 Å². The summed E-state index contributed by atoms with van der Waals surface area (Å²) in [5.74, 6) is 0.961. The quantitative estimate of drug-likeness (QED) is 0.823. The SMILES string of the molecule is CCCN(c1nc[nH]c(=O)c1OC)C1CCCNC1. The van der Waals surface area contributed by atoms with Gasteiger partial charge in [0.25, 0.3) is 5.56 Å². The second-order valence-electron chi connectivity index (χ2n) is 4.78. The number of H-pyrrole nitrogens is 1. The van der Waals surface area contributed by atoms with E-state index in [2.05, 4.69) is 27.1 Å². The van der Waals surface area contributed by atoms with Gasteiger partial charge in [-0.05, 0) is 25.8 Å². The number of anilines is 1. The Balaban J connectivity index is 2.32. The van der Waals surface area contributed by atoms with E-state index in [-0.39, 0.29) is 5.56 Å². The molecule has 1 aliphatic rings. The monoisotopic (exact) mass is 266 g/mol. The lowest BCUT2D eigenvalue weighted by atomic mass is 10.1. The topological polar surface area (TPSA) is 70.2 Å². The van der Waals surface area contributed by atoms with Gasteiger partial charge in [0.2, 0.25) is 5.75 Å². The second kappa shape index (κ2) is 6.56. The molecule has 1 aromatic rings. The fraction of sp³-hybridized carbons (Fsp3) is 0.692. The third kappa shape index (κ3) is 3.07. The molecule has 0 bridgehead atoms. The Morgan fingerprint density at radius 3 is 3.05 bits per heavy atom. The van der Waals surface area contributed by atoms with Crippen molar-refractivity contribution in [2.24, 2.45) is 0 Å². The molecule has 1 unspecified atom stereocenters. The molecule has 1 aliphatic heterocycles. The summed E-state index contributed by atoms with van der Waals surface area (Å²) in [6, 6.07) is 0.372. The van der Waals surface area contributed by atoms with E-state index >= 15 is 0 Å². The predicted molar refractivity (Wildman–Crippen MR) is 74.9 cm³/mol. The van der Waals surface area contributed by atoms with Gasteiger partial charge >= 0.3 is 0 Å². The van der Waals surface area contributed by atoms with Gasteiger partial charge in [-0.15, -0.1) is 0 Å². The molecule has 0 aliphatic carbocycles. The summed E-state index contributed by atoms with van der Waals surface area (Å²) in [7, 11) is 1.51. The second-order valence-corrected chi connectivity index (χ2v) is 4.78. The minimum Gasteiger partial charge on any atom is -0.489 e. The molecule has 2 rings (SSSR count). The molecule has 1 atom stereocenters. The number of aromatic amines is 1. The van der Waals surface area contributed by atoms with Gasteiger partial charge in [0, 0.05) is 19.1 Å². The number of nitrogens with zero attached hydrogens (tertiary/aromatic N) is 2. The van der Waals surface area contributed by atoms with Crippen LogP contribution >= 0.6 is 0 Å². The molecule has 0 amide bonds. The van der Waals surface area contributed by atoms with Crippen LogP contribution in [0.1, 0.15) is 26.2 Å². The molecule has 1 saturated heterocycles. The third-order valence-electron chi connectivity index (χ3n) is 3.44. The Morgan fingerprint density at radius 1 is 1.58 bits per heavy atom. The molecule has 1 aromatic heterocycles. The summed E-state index contributed by atoms with van der Waals surface area (Å²) in [6.45, 7) is 5.00.